The number of benzene rings is 1. The molecule has 0 radical (unpaired) electrons. The first-order chi connectivity index (χ1) is 11.2. The molecule has 2 aliphatic heterocycles. The fourth-order valence-corrected chi connectivity index (χ4v) is 3.63. The molecular weight excluding hydrogens is 351 g/mol. The lowest BCUT2D eigenvalue weighted by molar-refractivity contribution is 0.0102. The van der Waals surface area contributed by atoms with Gasteiger partial charge in [0.25, 0.3) is 0 Å². The van der Waals surface area contributed by atoms with E-state index in [0.29, 0.717) is 42.7 Å². The van der Waals surface area contributed by atoms with E-state index in [9.17, 15) is 0 Å². The summed E-state index contributed by atoms with van der Waals surface area (Å²) in [5.74, 6) is 1.42. The summed E-state index contributed by atoms with van der Waals surface area (Å²) in [6.45, 7) is 3.74. The second kappa shape index (κ2) is 9.11. The Kier molecular flexibility index (Phi) is 7.44. The van der Waals surface area contributed by atoms with E-state index < -0.39 is 0 Å². The van der Waals surface area contributed by atoms with Crippen molar-refractivity contribution in [1.29, 1.82) is 0 Å². The van der Waals surface area contributed by atoms with Crippen LogP contribution in [0.15, 0.2) is 12.1 Å². The molecule has 1 aromatic carbocycles. The van der Waals surface area contributed by atoms with Gasteiger partial charge in [-0.2, -0.15) is 0 Å². The molecule has 0 bridgehead atoms. The first-order valence-corrected chi connectivity index (χ1v) is 8.64. The summed E-state index contributed by atoms with van der Waals surface area (Å²) in [7, 11) is 1.78. The molecule has 5 nitrogen and oxygen atoms in total. The number of hydrogen-bond donors (Lipinski definition) is 1. The fraction of sp³-hybridized carbons (Fsp3) is 0.647. The summed E-state index contributed by atoms with van der Waals surface area (Å²) in [5.41, 5.74) is 7.09. The Morgan fingerprint density at radius 1 is 1.33 bits per heavy atom. The van der Waals surface area contributed by atoms with Crippen molar-refractivity contribution in [2.75, 3.05) is 33.4 Å². The number of halogens is 2. The van der Waals surface area contributed by atoms with E-state index in [0.717, 1.165) is 43.7 Å². The van der Waals surface area contributed by atoms with Crippen molar-refractivity contribution in [3.8, 4) is 11.5 Å². The highest BCUT2D eigenvalue weighted by Gasteiger charge is 2.28. The first kappa shape index (κ1) is 19.6. The van der Waals surface area contributed by atoms with Gasteiger partial charge in [0.15, 0.2) is 11.5 Å². The van der Waals surface area contributed by atoms with Crippen molar-refractivity contribution in [3.05, 3.63) is 22.7 Å². The third kappa shape index (κ3) is 4.46. The molecule has 2 heterocycles. The summed E-state index contributed by atoms with van der Waals surface area (Å²) in [5, 5.41) is 0.621. The molecule has 3 rings (SSSR count). The monoisotopic (exact) mass is 376 g/mol. The largest absolute Gasteiger partial charge is 0.489 e. The maximum atomic E-state index is 6.39. The van der Waals surface area contributed by atoms with Crippen LogP contribution < -0.4 is 15.2 Å². The summed E-state index contributed by atoms with van der Waals surface area (Å²) >= 11 is 6.39. The van der Waals surface area contributed by atoms with Gasteiger partial charge in [-0.3, -0.25) is 4.90 Å². The van der Waals surface area contributed by atoms with E-state index in [1.807, 2.05) is 12.1 Å². The van der Waals surface area contributed by atoms with Crippen molar-refractivity contribution < 1.29 is 14.2 Å². The highest BCUT2D eigenvalue weighted by Crippen LogP contribution is 2.38. The maximum Gasteiger partial charge on any atom is 0.179 e. The highest BCUT2D eigenvalue weighted by atomic mass is 35.5. The minimum absolute atomic E-state index is 0. The van der Waals surface area contributed by atoms with Gasteiger partial charge in [-0.05, 0) is 30.5 Å². The quantitative estimate of drug-likeness (QED) is 0.875. The van der Waals surface area contributed by atoms with Gasteiger partial charge in [0, 0.05) is 39.2 Å². The Labute approximate surface area is 154 Å². The average Bonchev–Trinajstić information content (AvgIpc) is 2.81. The lowest BCUT2D eigenvalue weighted by atomic mass is 9.98. The van der Waals surface area contributed by atoms with Crippen LogP contribution in [0.2, 0.25) is 5.02 Å². The van der Waals surface area contributed by atoms with Gasteiger partial charge in [0.2, 0.25) is 0 Å². The van der Waals surface area contributed by atoms with Crippen molar-refractivity contribution in [1.82, 2.24) is 4.90 Å². The number of hydrogen-bond acceptors (Lipinski definition) is 5. The summed E-state index contributed by atoms with van der Waals surface area (Å²) in [4.78, 5) is 2.41. The van der Waals surface area contributed by atoms with Crippen LogP contribution in [-0.4, -0.2) is 50.5 Å². The van der Waals surface area contributed by atoms with E-state index in [-0.39, 0.29) is 12.4 Å². The van der Waals surface area contributed by atoms with Gasteiger partial charge >= 0.3 is 0 Å². The smallest absolute Gasteiger partial charge is 0.179 e. The zero-order chi connectivity index (χ0) is 16.2. The standard InChI is InChI=1S/C17H25ClN2O3.ClH/c1-21-14-3-4-20(13(9-14)10-19)11-12-7-15(18)17-16(8-12)22-5-2-6-23-17;/h7-8,13-14H,2-6,9-11,19H2,1H3;1H. The summed E-state index contributed by atoms with van der Waals surface area (Å²) in [6, 6.07) is 4.36. The van der Waals surface area contributed by atoms with Crippen molar-refractivity contribution in [2.45, 2.75) is 38.0 Å². The van der Waals surface area contributed by atoms with E-state index >= 15 is 0 Å². The van der Waals surface area contributed by atoms with Gasteiger partial charge in [0.05, 0.1) is 24.3 Å². The van der Waals surface area contributed by atoms with Crippen LogP contribution in [0.4, 0.5) is 0 Å². The Balaban J connectivity index is 0.00000208. The predicted molar refractivity (Wildman–Crippen MR) is 97.6 cm³/mol. The minimum atomic E-state index is 0. The van der Waals surface area contributed by atoms with Gasteiger partial charge in [-0.25, -0.2) is 0 Å². The number of ether oxygens (including phenoxy) is 3. The van der Waals surface area contributed by atoms with Crippen LogP contribution in [0.5, 0.6) is 11.5 Å². The predicted octanol–water partition coefficient (Wildman–Crippen LogP) is 2.86. The van der Waals surface area contributed by atoms with Crippen LogP contribution in [0.25, 0.3) is 0 Å². The highest BCUT2D eigenvalue weighted by molar-refractivity contribution is 6.32. The molecule has 2 N–H and O–H groups in total. The molecule has 0 aromatic heterocycles. The number of piperidine rings is 1. The number of methoxy groups -OCH3 is 1. The van der Waals surface area contributed by atoms with Crippen LogP contribution in [-0.2, 0) is 11.3 Å². The zero-order valence-corrected chi connectivity index (χ0v) is 15.6. The molecule has 0 amide bonds. The summed E-state index contributed by atoms with van der Waals surface area (Å²) < 4.78 is 17.0. The molecule has 0 saturated carbocycles. The normalized spacial score (nSPS) is 24.1. The van der Waals surface area contributed by atoms with Crippen LogP contribution in [0.3, 0.4) is 0 Å². The molecule has 2 unspecified atom stereocenters. The van der Waals surface area contributed by atoms with E-state index in [1.165, 1.54) is 0 Å². The van der Waals surface area contributed by atoms with Crippen molar-refractivity contribution >= 4 is 24.0 Å². The number of likely N-dealkylation sites (tertiary alicyclic amines) is 1. The SMILES string of the molecule is COC1CCN(Cc2cc(Cl)c3c(c2)OCCCO3)C(CN)C1.Cl. The van der Waals surface area contributed by atoms with E-state index in [2.05, 4.69) is 4.90 Å². The van der Waals surface area contributed by atoms with Gasteiger partial charge in [-0.15, -0.1) is 12.4 Å². The Morgan fingerprint density at radius 3 is 2.88 bits per heavy atom. The number of fused-ring (bicyclic) bond motifs is 1. The molecule has 1 fully saturated rings. The molecule has 0 aliphatic carbocycles. The molecule has 136 valence electrons. The number of nitrogens with two attached hydrogens (primary N) is 1. The molecule has 7 heteroatoms. The van der Waals surface area contributed by atoms with Crippen molar-refractivity contribution in [2.24, 2.45) is 5.73 Å². The van der Waals surface area contributed by atoms with Gasteiger partial charge in [-0.1, -0.05) is 11.6 Å². The van der Waals surface area contributed by atoms with Crippen LogP contribution in [0, 0.1) is 0 Å². The number of rotatable bonds is 4. The van der Waals surface area contributed by atoms with Crippen LogP contribution in [0.1, 0.15) is 24.8 Å². The first-order valence-electron chi connectivity index (χ1n) is 8.26. The molecule has 2 atom stereocenters. The van der Waals surface area contributed by atoms with E-state index in [4.69, 9.17) is 31.5 Å². The molecule has 2 aliphatic rings. The minimum Gasteiger partial charge on any atom is -0.489 e. The zero-order valence-electron chi connectivity index (χ0n) is 14.0. The lowest BCUT2D eigenvalue weighted by Gasteiger charge is -2.38. The fourth-order valence-electron chi connectivity index (χ4n) is 3.34. The van der Waals surface area contributed by atoms with E-state index in [1.54, 1.807) is 7.11 Å². The third-order valence-electron chi connectivity index (χ3n) is 4.64. The lowest BCUT2D eigenvalue weighted by Crippen LogP contribution is -2.47. The van der Waals surface area contributed by atoms with Crippen molar-refractivity contribution in [3.63, 3.8) is 0 Å². The molecular formula is C17H26Cl2N2O3. The molecule has 1 aromatic rings. The maximum absolute atomic E-state index is 6.39. The molecule has 0 spiro atoms. The Bertz CT molecular complexity index is 545. The second-order valence-electron chi connectivity index (χ2n) is 6.20. The average molecular weight is 377 g/mol. The second-order valence-corrected chi connectivity index (χ2v) is 6.60. The van der Waals surface area contributed by atoms with Crippen LogP contribution >= 0.6 is 24.0 Å². The van der Waals surface area contributed by atoms with Gasteiger partial charge < -0.3 is 19.9 Å². The molecule has 1 saturated heterocycles. The Morgan fingerprint density at radius 2 is 2.12 bits per heavy atom. The third-order valence-corrected chi connectivity index (χ3v) is 4.92. The summed E-state index contributed by atoms with van der Waals surface area (Å²) in [6.07, 6.45) is 3.20. The molecule has 24 heavy (non-hydrogen) atoms. The van der Waals surface area contributed by atoms with Gasteiger partial charge in [0.1, 0.15) is 0 Å². The number of nitrogens with zero attached hydrogens (tertiary/aromatic N) is 1. The topological polar surface area (TPSA) is 57.0 Å². The Hall–Kier alpha value is -0.720.